The first kappa shape index (κ1) is 23.5. The Labute approximate surface area is 193 Å². The zero-order valence-electron chi connectivity index (χ0n) is 17.1. The zero-order valence-corrected chi connectivity index (χ0v) is 18.7. The van der Waals surface area contributed by atoms with Gasteiger partial charge in [-0.25, -0.2) is 8.42 Å². The summed E-state index contributed by atoms with van der Waals surface area (Å²) < 4.78 is 66.4. The molecular formula is C22H19ClF3N3O3S. The van der Waals surface area contributed by atoms with Crippen LogP contribution in [0, 0.1) is 5.92 Å². The number of pyridine rings is 1. The minimum absolute atomic E-state index is 0.0351. The zero-order chi connectivity index (χ0) is 23.8. The molecule has 1 aromatic heterocycles. The molecule has 174 valence electrons. The van der Waals surface area contributed by atoms with Gasteiger partial charge in [0.25, 0.3) is 0 Å². The minimum Gasteiger partial charge on any atom is -0.324 e. The van der Waals surface area contributed by atoms with E-state index >= 15 is 0 Å². The van der Waals surface area contributed by atoms with Gasteiger partial charge in [0.05, 0.1) is 27.7 Å². The minimum atomic E-state index is -4.55. The number of amides is 1. The fourth-order valence-electron chi connectivity index (χ4n) is 3.83. The number of nitrogens with zero attached hydrogens (tertiary/aromatic N) is 2. The van der Waals surface area contributed by atoms with E-state index in [1.807, 2.05) is 0 Å². The van der Waals surface area contributed by atoms with Gasteiger partial charge in [-0.3, -0.25) is 9.78 Å². The van der Waals surface area contributed by atoms with Crippen LogP contribution in [0.2, 0.25) is 5.02 Å². The smallest absolute Gasteiger partial charge is 0.324 e. The highest BCUT2D eigenvalue weighted by molar-refractivity contribution is 7.89. The standard InChI is InChI=1S/C22H19ClF3N3O3S/c23-17-12-16(22(24,25)26)8-9-18(17)28-21(30)15-6-3-11-29(13-15)33(31,32)19-7-1-4-14-5-2-10-27-20(14)19/h1-2,4-5,7-10,12,15H,3,6,11,13H2,(H,28,30)/t15-/m0/s1. The molecular weight excluding hydrogens is 479 g/mol. The summed E-state index contributed by atoms with van der Waals surface area (Å²) >= 11 is 5.93. The molecule has 1 atom stereocenters. The van der Waals surface area contributed by atoms with Crippen molar-refractivity contribution in [3.63, 3.8) is 0 Å². The van der Waals surface area contributed by atoms with E-state index in [4.69, 9.17) is 11.6 Å². The first-order chi connectivity index (χ1) is 15.6. The molecule has 0 radical (unpaired) electrons. The van der Waals surface area contributed by atoms with Gasteiger partial charge in [0.1, 0.15) is 4.90 Å². The Kier molecular flexibility index (Phi) is 6.35. The molecule has 11 heteroatoms. The molecule has 0 spiro atoms. The number of halogens is 4. The van der Waals surface area contributed by atoms with Crippen molar-refractivity contribution in [2.45, 2.75) is 23.9 Å². The molecule has 3 aromatic rings. The summed E-state index contributed by atoms with van der Waals surface area (Å²) in [5.41, 5.74) is -0.542. The van der Waals surface area contributed by atoms with Gasteiger partial charge in [0.15, 0.2) is 0 Å². The number of aromatic nitrogens is 1. The highest BCUT2D eigenvalue weighted by Crippen LogP contribution is 2.34. The lowest BCUT2D eigenvalue weighted by molar-refractivity contribution is -0.137. The lowest BCUT2D eigenvalue weighted by Crippen LogP contribution is -2.43. The second kappa shape index (κ2) is 8.92. The second-order valence-corrected chi connectivity index (χ2v) is 10.0. The van der Waals surface area contributed by atoms with Crippen molar-refractivity contribution in [2.24, 2.45) is 5.92 Å². The van der Waals surface area contributed by atoms with Gasteiger partial charge in [-0.2, -0.15) is 17.5 Å². The predicted octanol–water partition coefficient (Wildman–Crippen LogP) is 4.95. The summed E-state index contributed by atoms with van der Waals surface area (Å²) in [6, 6.07) is 11.0. The largest absolute Gasteiger partial charge is 0.416 e. The number of sulfonamides is 1. The average Bonchev–Trinajstić information content (AvgIpc) is 2.79. The highest BCUT2D eigenvalue weighted by Gasteiger charge is 2.35. The van der Waals surface area contributed by atoms with Gasteiger partial charge < -0.3 is 5.32 Å². The normalized spacial score (nSPS) is 17.8. The lowest BCUT2D eigenvalue weighted by atomic mass is 9.98. The van der Waals surface area contributed by atoms with Crippen LogP contribution < -0.4 is 5.32 Å². The Morgan fingerprint density at radius 2 is 1.91 bits per heavy atom. The van der Waals surface area contributed by atoms with E-state index in [0.29, 0.717) is 23.7 Å². The number of carbonyl (C=O) groups is 1. The SMILES string of the molecule is O=C(Nc1ccc(C(F)(F)F)cc1Cl)[C@H]1CCCN(S(=O)(=O)c2cccc3cccnc23)C1. The summed E-state index contributed by atoms with van der Waals surface area (Å²) in [6.07, 6.45) is -2.15. The van der Waals surface area contributed by atoms with E-state index in [1.165, 1.54) is 16.6 Å². The Morgan fingerprint density at radius 3 is 2.64 bits per heavy atom. The number of nitrogens with one attached hydrogen (secondary N) is 1. The molecule has 0 bridgehead atoms. The van der Waals surface area contributed by atoms with Crippen molar-refractivity contribution in [3.05, 3.63) is 65.3 Å². The molecule has 1 fully saturated rings. The summed E-state index contributed by atoms with van der Waals surface area (Å²) in [7, 11) is -3.92. The van der Waals surface area contributed by atoms with Crippen molar-refractivity contribution in [3.8, 4) is 0 Å². The first-order valence-corrected chi connectivity index (χ1v) is 11.9. The van der Waals surface area contributed by atoms with E-state index in [-0.39, 0.29) is 28.7 Å². The number of benzene rings is 2. The molecule has 0 aliphatic carbocycles. The summed E-state index contributed by atoms with van der Waals surface area (Å²) in [6.45, 7) is 0.187. The van der Waals surface area contributed by atoms with Gasteiger partial charge in [-0.15, -0.1) is 0 Å². The number of alkyl halides is 3. The van der Waals surface area contributed by atoms with Crippen LogP contribution in [0.5, 0.6) is 0 Å². The van der Waals surface area contributed by atoms with Crippen LogP contribution in [0.25, 0.3) is 10.9 Å². The number of hydrogen-bond donors (Lipinski definition) is 1. The maximum Gasteiger partial charge on any atom is 0.416 e. The number of anilines is 1. The molecule has 0 unspecified atom stereocenters. The van der Waals surface area contributed by atoms with Crippen LogP contribution in [-0.4, -0.2) is 36.7 Å². The van der Waals surface area contributed by atoms with Crippen molar-refractivity contribution in [2.75, 3.05) is 18.4 Å². The van der Waals surface area contributed by atoms with Crippen molar-refractivity contribution in [1.29, 1.82) is 0 Å². The number of rotatable bonds is 4. The lowest BCUT2D eigenvalue weighted by Gasteiger charge is -2.31. The number of carbonyl (C=O) groups excluding carboxylic acids is 1. The van der Waals surface area contributed by atoms with Gasteiger partial charge in [-0.05, 0) is 43.2 Å². The molecule has 1 aliphatic heterocycles. The van der Waals surface area contributed by atoms with E-state index in [9.17, 15) is 26.4 Å². The molecule has 6 nitrogen and oxygen atoms in total. The Hall–Kier alpha value is -2.69. The Morgan fingerprint density at radius 1 is 1.15 bits per heavy atom. The molecule has 2 heterocycles. The van der Waals surface area contributed by atoms with Crippen LogP contribution in [0.3, 0.4) is 0 Å². The van der Waals surface area contributed by atoms with Crippen LogP contribution in [0.15, 0.2) is 59.6 Å². The van der Waals surface area contributed by atoms with Gasteiger partial charge in [0.2, 0.25) is 15.9 Å². The van der Waals surface area contributed by atoms with Gasteiger partial charge in [-0.1, -0.05) is 29.8 Å². The summed E-state index contributed by atoms with van der Waals surface area (Å²) in [5.74, 6) is -1.19. The van der Waals surface area contributed by atoms with Crippen LogP contribution in [-0.2, 0) is 21.0 Å². The molecule has 1 aliphatic rings. The Balaban J connectivity index is 1.53. The quantitative estimate of drug-likeness (QED) is 0.553. The van der Waals surface area contributed by atoms with E-state index in [1.54, 1.807) is 24.3 Å². The summed E-state index contributed by atoms with van der Waals surface area (Å²) in [5, 5.41) is 2.96. The van der Waals surface area contributed by atoms with Gasteiger partial charge >= 0.3 is 6.18 Å². The van der Waals surface area contributed by atoms with E-state index < -0.39 is 33.6 Å². The number of fused-ring (bicyclic) bond motifs is 1. The summed E-state index contributed by atoms with van der Waals surface area (Å²) in [4.78, 5) is 17.1. The van der Waals surface area contributed by atoms with Crippen LogP contribution >= 0.6 is 11.6 Å². The maximum absolute atomic E-state index is 13.3. The molecule has 1 amide bonds. The van der Waals surface area contributed by atoms with Crippen molar-refractivity contribution in [1.82, 2.24) is 9.29 Å². The third kappa shape index (κ3) is 4.83. The van der Waals surface area contributed by atoms with E-state index in [2.05, 4.69) is 10.3 Å². The third-order valence-electron chi connectivity index (χ3n) is 5.52. The fraction of sp³-hybridized carbons (Fsp3) is 0.273. The molecule has 2 aromatic carbocycles. The average molecular weight is 498 g/mol. The first-order valence-electron chi connectivity index (χ1n) is 10.1. The van der Waals surface area contributed by atoms with E-state index in [0.717, 1.165) is 18.2 Å². The predicted molar refractivity (Wildman–Crippen MR) is 118 cm³/mol. The topological polar surface area (TPSA) is 79.4 Å². The molecule has 4 rings (SSSR count). The fourth-order valence-corrected chi connectivity index (χ4v) is 5.74. The molecule has 1 N–H and O–H groups in total. The second-order valence-electron chi connectivity index (χ2n) is 7.72. The number of para-hydroxylation sites is 1. The third-order valence-corrected chi connectivity index (χ3v) is 7.73. The molecule has 1 saturated heterocycles. The molecule has 33 heavy (non-hydrogen) atoms. The van der Waals surface area contributed by atoms with Crippen LogP contribution in [0.1, 0.15) is 18.4 Å². The number of piperidine rings is 1. The highest BCUT2D eigenvalue weighted by atomic mass is 35.5. The van der Waals surface area contributed by atoms with Crippen molar-refractivity contribution < 1.29 is 26.4 Å². The number of hydrogen-bond acceptors (Lipinski definition) is 4. The maximum atomic E-state index is 13.3. The molecule has 0 saturated carbocycles. The van der Waals surface area contributed by atoms with Crippen molar-refractivity contribution >= 4 is 44.1 Å². The van der Waals surface area contributed by atoms with Gasteiger partial charge in [0, 0.05) is 24.7 Å². The van der Waals surface area contributed by atoms with Crippen LogP contribution in [0.4, 0.5) is 18.9 Å². The Bertz CT molecular complexity index is 1310. The monoisotopic (exact) mass is 497 g/mol.